The minimum absolute atomic E-state index is 0.114. The van der Waals surface area contributed by atoms with Gasteiger partial charge in [0.25, 0.3) is 0 Å². The lowest BCUT2D eigenvalue weighted by Crippen LogP contribution is -2.04. The van der Waals surface area contributed by atoms with Crippen molar-refractivity contribution in [2.24, 2.45) is 0 Å². The van der Waals surface area contributed by atoms with Gasteiger partial charge in [-0.05, 0) is 37.1 Å². The highest BCUT2D eigenvalue weighted by Gasteiger charge is 2.10. The summed E-state index contributed by atoms with van der Waals surface area (Å²) in [5.74, 6) is 0.114. The Labute approximate surface area is 80.5 Å². The molecule has 1 aromatic carbocycles. The Morgan fingerprint density at radius 1 is 1.29 bits per heavy atom. The second-order valence-corrected chi connectivity index (χ2v) is 2.90. The van der Waals surface area contributed by atoms with E-state index in [1.165, 1.54) is 12.1 Å². The van der Waals surface area contributed by atoms with Gasteiger partial charge in [0, 0.05) is 5.56 Å². The van der Waals surface area contributed by atoms with E-state index in [9.17, 15) is 13.6 Å². The standard InChI is InChI=1S/C10H10F2O2/c1-6-7(2)9(14-10(11)12)4-3-8(6)5-13/h3-5,10H,1-2H3. The van der Waals surface area contributed by atoms with E-state index in [1.807, 2.05) is 0 Å². The number of alkyl halides is 2. The third-order valence-corrected chi connectivity index (χ3v) is 2.12. The Kier molecular flexibility index (Phi) is 3.17. The van der Waals surface area contributed by atoms with Crippen molar-refractivity contribution in [3.05, 3.63) is 28.8 Å². The van der Waals surface area contributed by atoms with E-state index in [2.05, 4.69) is 4.74 Å². The fraction of sp³-hybridized carbons (Fsp3) is 0.300. The maximum Gasteiger partial charge on any atom is 0.387 e. The lowest BCUT2D eigenvalue weighted by atomic mass is 10.0. The van der Waals surface area contributed by atoms with Gasteiger partial charge >= 0.3 is 6.61 Å². The van der Waals surface area contributed by atoms with Crippen LogP contribution >= 0.6 is 0 Å². The molecule has 0 N–H and O–H groups in total. The molecule has 0 atom stereocenters. The van der Waals surface area contributed by atoms with Gasteiger partial charge in [0.2, 0.25) is 0 Å². The van der Waals surface area contributed by atoms with E-state index in [-0.39, 0.29) is 5.75 Å². The number of carbonyl (C=O) groups excluding carboxylic acids is 1. The highest BCUT2D eigenvalue weighted by Crippen LogP contribution is 2.24. The van der Waals surface area contributed by atoms with Crippen molar-refractivity contribution >= 4 is 6.29 Å². The van der Waals surface area contributed by atoms with Gasteiger partial charge in [-0.2, -0.15) is 8.78 Å². The van der Waals surface area contributed by atoms with E-state index < -0.39 is 6.61 Å². The first-order chi connectivity index (χ1) is 6.56. The van der Waals surface area contributed by atoms with Gasteiger partial charge in [0.1, 0.15) is 12.0 Å². The first kappa shape index (κ1) is 10.6. The lowest BCUT2D eigenvalue weighted by molar-refractivity contribution is -0.0503. The second kappa shape index (κ2) is 4.17. The third kappa shape index (κ3) is 2.07. The Balaban J connectivity index is 3.10. The fourth-order valence-electron chi connectivity index (χ4n) is 1.17. The van der Waals surface area contributed by atoms with Gasteiger partial charge in [-0.3, -0.25) is 4.79 Å². The van der Waals surface area contributed by atoms with Gasteiger partial charge in [0.15, 0.2) is 0 Å². The number of benzene rings is 1. The van der Waals surface area contributed by atoms with E-state index in [0.717, 1.165) is 0 Å². The molecule has 0 bridgehead atoms. The molecule has 0 fully saturated rings. The van der Waals surface area contributed by atoms with Crippen molar-refractivity contribution in [1.82, 2.24) is 0 Å². The van der Waals surface area contributed by atoms with Crippen LogP contribution in [0.15, 0.2) is 12.1 Å². The number of hydrogen-bond acceptors (Lipinski definition) is 2. The maximum absolute atomic E-state index is 11.9. The zero-order valence-electron chi connectivity index (χ0n) is 7.88. The Hall–Kier alpha value is -1.45. The summed E-state index contributed by atoms with van der Waals surface area (Å²) >= 11 is 0. The molecule has 0 radical (unpaired) electrons. The molecule has 0 amide bonds. The monoisotopic (exact) mass is 200 g/mol. The second-order valence-electron chi connectivity index (χ2n) is 2.90. The van der Waals surface area contributed by atoms with E-state index in [4.69, 9.17) is 0 Å². The predicted octanol–water partition coefficient (Wildman–Crippen LogP) is 2.72. The highest BCUT2D eigenvalue weighted by molar-refractivity contribution is 5.78. The molecule has 76 valence electrons. The average Bonchev–Trinajstić information content (AvgIpc) is 2.13. The molecule has 0 unspecified atom stereocenters. The van der Waals surface area contributed by atoms with Crippen LogP contribution < -0.4 is 4.74 Å². The van der Waals surface area contributed by atoms with Gasteiger partial charge in [-0.15, -0.1) is 0 Å². The number of carbonyl (C=O) groups is 1. The molecule has 0 aliphatic carbocycles. The van der Waals surface area contributed by atoms with Crippen LogP contribution in [0.3, 0.4) is 0 Å². The zero-order valence-corrected chi connectivity index (χ0v) is 7.88. The number of hydrogen-bond donors (Lipinski definition) is 0. The Morgan fingerprint density at radius 2 is 1.93 bits per heavy atom. The first-order valence-corrected chi connectivity index (χ1v) is 4.06. The van der Waals surface area contributed by atoms with E-state index in [0.29, 0.717) is 23.0 Å². The summed E-state index contributed by atoms with van der Waals surface area (Å²) in [4.78, 5) is 10.5. The maximum atomic E-state index is 11.9. The van der Waals surface area contributed by atoms with Crippen molar-refractivity contribution in [3.8, 4) is 5.75 Å². The molecular weight excluding hydrogens is 190 g/mol. The zero-order chi connectivity index (χ0) is 10.7. The predicted molar refractivity (Wildman–Crippen MR) is 47.9 cm³/mol. The smallest absolute Gasteiger partial charge is 0.387 e. The number of rotatable bonds is 3. The Bertz CT molecular complexity index is 348. The molecule has 0 heterocycles. The summed E-state index contributed by atoms with van der Waals surface area (Å²) in [5.41, 5.74) is 1.72. The summed E-state index contributed by atoms with van der Waals surface area (Å²) in [6.07, 6.45) is 0.689. The molecule has 0 saturated carbocycles. The Morgan fingerprint density at radius 3 is 2.43 bits per heavy atom. The number of ether oxygens (including phenoxy) is 1. The van der Waals surface area contributed by atoms with Crippen molar-refractivity contribution < 1.29 is 18.3 Å². The number of halogens is 2. The number of aldehydes is 1. The van der Waals surface area contributed by atoms with Crippen LogP contribution in [0, 0.1) is 13.8 Å². The average molecular weight is 200 g/mol. The van der Waals surface area contributed by atoms with Crippen LogP contribution in [0.25, 0.3) is 0 Å². The van der Waals surface area contributed by atoms with Crippen LogP contribution in [0.4, 0.5) is 8.78 Å². The molecular formula is C10H10F2O2. The van der Waals surface area contributed by atoms with Crippen molar-refractivity contribution in [2.45, 2.75) is 20.5 Å². The third-order valence-electron chi connectivity index (χ3n) is 2.12. The van der Waals surface area contributed by atoms with Gasteiger partial charge in [-0.25, -0.2) is 0 Å². The molecule has 2 nitrogen and oxygen atoms in total. The molecule has 4 heteroatoms. The van der Waals surface area contributed by atoms with Gasteiger partial charge in [0.05, 0.1) is 0 Å². The molecule has 1 rings (SSSR count). The molecule has 0 aliphatic heterocycles. The van der Waals surface area contributed by atoms with Crippen molar-refractivity contribution in [3.63, 3.8) is 0 Å². The van der Waals surface area contributed by atoms with Crippen LogP contribution in [0.2, 0.25) is 0 Å². The summed E-state index contributed by atoms with van der Waals surface area (Å²) in [6, 6.07) is 2.84. The van der Waals surface area contributed by atoms with Crippen LogP contribution in [-0.4, -0.2) is 12.9 Å². The SMILES string of the molecule is Cc1c(C=O)ccc(OC(F)F)c1C. The van der Waals surface area contributed by atoms with Gasteiger partial charge < -0.3 is 4.74 Å². The van der Waals surface area contributed by atoms with Crippen LogP contribution in [0.5, 0.6) is 5.75 Å². The highest BCUT2D eigenvalue weighted by atomic mass is 19.3. The van der Waals surface area contributed by atoms with Crippen molar-refractivity contribution in [1.29, 1.82) is 0 Å². The van der Waals surface area contributed by atoms with Gasteiger partial charge in [-0.1, -0.05) is 0 Å². The van der Waals surface area contributed by atoms with E-state index >= 15 is 0 Å². The fourth-order valence-corrected chi connectivity index (χ4v) is 1.17. The van der Waals surface area contributed by atoms with Crippen LogP contribution in [-0.2, 0) is 0 Å². The summed E-state index contributed by atoms with van der Waals surface area (Å²) in [5, 5.41) is 0. The molecule has 1 aromatic rings. The molecule has 0 spiro atoms. The minimum Gasteiger partial charge on any atom is -0.435 e. The summed E-state index contributed by atoms with van der Waals surface area (Å²) in [6.45, 7) is 0.493. The molecule has 14 heavy (non-hydrogen) atoms. The normalized spacial score (nSPS) is 10.4. The molecule has 0 aliphatic rings. The topological polar surface area (TPSA) is 26.3 Å². The molecule has 0 aromatic heterocycles. The lowest BCUT2D eigenvalue weighted by Gasteiger charge is -2.10. The summed E-state index contributed by atoms with van der Waals surface area (Å²) < 4.78 is 28.1. The van der Waals surface area contributed by atoms with Crippen LogP contribution in [0.1, 0.15) is 21.5 Å². The molecule has 0 saturated heterocycles. The first-order valence-electron chi connectivity index (χ1n) is 4.06. The van der Waals surface area contributed by atoms with E-state index in [1.54, 1.807) is 13.8 Å². The minimum atomic E-state index is -2.84. The summed E-state index contributed by atoms with van der Waals surface area (Å²) in [7, 11) is 0. The quantitative estimate of drug-likeness (QED) is 0.701. The van der Waals surface area contributed by atoms with Crippen molar-refractivity contribution in [2.75, 3.05) is 0 Å². The largest absolute Gasteiger partial charge is 0.435 e.